The van der Waals surface area contributed by atoms with Crippen LogP contribution >= 0.6 is 0 Å². The molecule has 0 radical (unpaired) electrons. The van der Waals surface area contributed by atoms with Crippen molar-refractivity contribution in [1.82, 2.24) is 19.3 Å². The van der Waals surface area contributed by atoms with Gasteiger partial charge in [-0.2, -0.15) is 0 Å². The third-order valence-corrected chi connectivity index (χ3v) is 5.56. The number of ether oxygens (including phenoxy) is 1. The Balaban J connectivity index is 1.94. The summed E-state index contributed by atoms with van der Waals surface area (Å²) >= 11 is 0. The van der Waals surface area contributed by atoms with E-state index in [2.05, 4.69) is 5.10 Å². The number of pyridine rings is 1. The van der Waals surface area contributed by atoms with Gasteiger partial charge in [-0.3, -0.25) is 9.78 Å². The summed E-state index contributed by atoms with van der Waals surface area (Å²) < 4.78 is 8.08. The van der Waals surface area contributed by atoms with E-state index in [9.17, 15) is 14.4 Å². The molecule has 2 aromatic heterocycles. The van der Waals surface area contributed by atoms with E-state index < -0.39 is 22.8 Å². The smallest absolute Gasteiger partial charge is 0.347 e. The Morgan fingerprint density at radius 2 is 1.84 bits per heavy atom. The Morgan fingerprint density at radius 1 is 1.16 bits per heavy atom. The van der Waals surface area contributed by atoms with Crippen LogP contribution in [0, 0.1) is 12.3 Å². The number of hydrogen-bond acceptors (Lipinski definition) is 5. The van der Waals surface area contributed by atoms with Gasteiger partial charge in [-0.05, 0) is 33.3 Å². The van der Waals surface area contributed by atoms with E-state index in [1.165, 1.54) is 11.7 Å². The summed E-state index contributed by atoms with van der Waals surface area (Å²) in [5.74, 6) is -0.253. The van der Waals surface area contributed by atoms with Crippen LogP contribution < -0.4 is 16.1 Å². The molecule has 2 atom stereocenters. The molecule has 1 aliphatic carbocycles. The molecule has 8 heteroatoms. The van der Waals surface area contributed by atoms with Crippen molar-refractivity contribution in [1.29, 1.82) is 0 Å². The van der Waals surface area contributed by atoms with Gasteiger partial charge in [0.2, 0.25) is 0 Å². The van der Waals surface area contributed by atoms with Gasteiger partial charge >= 0.3 is 17.3 Å². The highest BCUT2D eigenvalue weighted by atomic mass is 16.5. The number of esters is 1. The third kappa shape index (κ3) is 3.72. The SMILES string of the molecule is Cc1cc(OC(=O)C(C)(C)C)c2c(n1)[C@H](n1[nH]c(=O)n(C)c1=O)[C@@H](c1ccccc1)C=C2. The van der Waals surface area contributed by atoms with E-state index in [1.54, 1.807) is 33.8 Å². The number of aromatic nitrogens is 4. The molecule has 2 heterocycles. The summed E-state index contributed by atoms with van der Waals surface area (Å²) in [6.07, 6.45) is 3.82. The first-order chi connectivity index (χ1) is 15.1. The van der Waals surface area contributed by atoms with Crippen LogP contribution in [0.3, 0.4) is 0 Å². The van der Waals surface area contributed by atoms with E-state index >= 15 is 0 Å². The minimum atomic E-state index is -0.685. The van der Waals surface area contributed by atoms with Crippen molar-refractivity contribution in [2.45, 2.75) is 39.7 Å². The minimum Gasteiger partial charge on any atom is -0.425 e. The fraction of sp³-hybridized carbons (Fsp3) is 0.333. The van der Waals surface area contributed by atoms with E-state index in [0.29, 0.717) is 22.7 Å². The number of allylic oxidation sites excluding steroid dienone is 1. The van der Waals surface area contributed by atoms with Crippen LogP contribution in [0.25, 0.3) is 6.08 Å². The van der Waals surface area contributed by atoms with E-state index in [1.807, 2.05) is 42.5 Å². The van der Waals surface area contributed by atoms with Gasteiger partial charge in [-0.1, -0.05) is 42.5 Å². The molecular formula is C24H26N4O4. The summed E-state index contributed by atoms with van der Waals surface area (Å²) in [7, 11) is 1.43. The van der Waals surface area contributed by atoms with Gasteiger partial charge in [0.25, 0.3) is 0 Å². The summed E-state index contributed by atoms with van der Waals surface area (Å²) in [5, 5.41) is 2.66. The van der Waals surface area contributed by atoms with Gasteiger partial charge in [-0.25, -0.2) is 23.9 Å². The highest BCUT2D eigenvalue weighted by Gasteiger charge is 2.35. The number of H-pyrrole nitrogens is 1. The molecule has 0 aliphatic heterocycles. The zero-order valence-electron chi connectivity index (χ0n) is 18.7. The van der Waals surface area contributed by atoms with Crippen LogP contribution in [-0.2, 0) is 11.8 Å². The Bertz CT molecular complexity index is 1320. The molecule has 0 saturated heterocycles. The van der Waals surface area contributed by atoms with Crippen LogP contribution in [0.15, 0.2) is 52.1 Å². The molecule has 0 saturated carbocycles. The monoisotopic (exact) mass is 434 g/mol. The van der Waals surface area contributed by atoms with Crippen molar-refractivity contribution in [3.05, 3.63) is 86.0 Å². The number of benzene rings is 1. The molecule has 166 valence electrons. The van der Waals surface area contributed by atoms with Gasteiger partial charge in [0, 0.05) is 30.3 Å². The first kappa shape index (κ1) is 21.5. The summed E-state index contributed by atoms with van der Waals surface area (Å²) in [5.41, 5.74) is 1.11. The number of aromatic amines is 1. The van der Waals surface area contributed by atoms with Gasteiger partial charge in [0.1, 0.15) is 11.8 Å². The van der Waals surface area contributed by atoms with Crippen molar-refractivity contribution in [3.8, 4) is 5.75 Å². The Hall–Kier alpha value is -3.68. The van der Waals surface area contributed by atoms with Crippen LogP contribution in [0.2, 0.25) is 0 Å². The largest absolute Gasteiger partial charge is 0.425 e. The van der Waals surface area contributed by atoms with Crippen molar-refractivity contribution < 1.29 is 9.53 Å². The first-order valence-electron chi connectivity index (χ1n) is 10.4. The summed E-state index contributed by atoms with van der Waals surface area (Å²) in [6.45, 7) is 7.16. The molecule has 0 amide bonds. The van der Waals surface area contributed by atoms with Crippen LogP contribution in [0.5, 0.6) is 5.75 Å². The molecule has 0 fully saturated rings. The van der Waals surface area contributed by atoms with Gasteiger partial charge in [0.05, 0.1) is 11.1 Å². The quantitative estimate of drug-likeness (QED) is 0.639. The molecule has 0 spiro atoms. The van der Waals surface area contributed by atoms with Gasteiger partial charge < -0.3 is 4.74 Å². The lowest BCUT2D eigenvalue weighted by Crippen LogP contribution is -2.33. The van der Waals surface area contributed by atoms with Crippen molar-refractivity contribution in [2.24, 2.45) is 12.5 Å². The van der Waals surface area contributed by atoms with Gasteiger partial charge in [-0.15, -0.1) is 0 Å². The first-order valence-corrected chi connectivity index (χ1v) is 10.4. The molecule has 3 aromatic rings. The topological polar surface area (TPSA) is 99.0 Å². The number of hydrogen-bond donors (Lipinski definition) is 1. The number of fused-ring (bicyclic) bond motifs is 1. The Labute approximate surface area is 185 Å². The van der Waals surface area contributed by atoms with Gasteiger partial charge in [0.15, 0.2) is 0 Å². The van der Waals surface area contributed by atoms with E-state index in [0.717, 1.165) is 10.1 Å². The maximum atomic E-state index is 12.9. The molecule has 8 nitrogen and oxygen atoms in total. The standard InChI is InChI=1S/C24H26N4O4/c1-14-13-18(32-21(29)24(2,3)4)17-12-11-16(15-9-7-6-8-10-15)20(19(17)25-14)28-23(31)27(5)22(30)26-28/h6-13,16,20H,1-5H3,(H,26,30)/t16-,20-/m1/s1. The fourth-order valence-corrected chi connectivity index (χ4v) is 3.80. The number of carbonyl (C=O) groups is 1. The summed E-state index contributed by atoms with van der Waals surface area (Å²) in [6, 6.07) is 10.8. The average molecular weight is 434 g/mol. The maximum absolute atomic E-state index is 12.9. The lowest BCUT2D eigenvalue weighted by Gasteiger charge is -2.30. The van der Waals surface area contributed by atoms with E-state index in [-0.39, 0.29) is 11.9 Å². The zero-order valence-corrected chi connectivity index (χ0v) is 18.7. The lowest BCUT2D eigenvalue weighted by molar-refractivity contribution is -0.143. The van der Waals surface area contributed by atoms with Crippen molar-refractivity contribution in [2.75, 3.05) is 0 Å². The predicted octanol–water partition coefficient (Wildman–Crippen LogP) is 2.93. The molecule has 1 N–H and O–H groups in total. The van der Waals surface area contributed by atoms with Crippen molar-refractivity contribution >= 4 is 12.0 Å². The molecular weight excluding hydrogens is 408 g/mol. The number of nitrogens with zero attached hydrogens (tertiary/aromatic N) is 3. The lowest BCUT2D eigenvalue weighted by atomic mass is 9.83. The second kappa shape index (κ2) is 7.78. The maximum Gasteiger partial charge on any atom is 0.347 e. The number of carbonyl (C=O) groups excluding carboxylic acids is 1. The zero-order chi connectivity index (χ0) is 23.2. The second-order valence-electron chi connectivity index (χ2n) is 9.07. The number of rotatable bonds is 3. The van der Waals surface area contributed by atoms with Crippen LogP contribution in [-0.4, -0.2) is 25.3 Å². The molecule has 32 heavy (non-hydrogen) atoms. The normalized spacial score (nSPS) is 17.8. The second-order valence-corrected chi connectivity index (χ2v) is 9.07. The van der Waals surface area contributed by atoms with Crippen molar-refractivity contribution in [3.63, 3.8) is 0 Å². The minimum absolute atomic E-state index is 0.264. The predicted molar refractivity (Wildman–Crippen MR) is 121 cm³/mol. The average Bonchev–Trinajstić information content (AvgIpc) is 2.99. The highest BCUT2D eigenvalue weighted by molar-refractivity contribution is 5.79. The van der Waals surface area contributed by atoms with Crippen LogP contribution in [0.1, 0.15) is 55.2 Å². The molecule has 0 unspecified atom stereocenters. The number of aryl methyl sites for hydroxylation is 1. The molecule has 1 aliphatic rings. The summed E-state index contributed by atoms with van der Waals surface area (Å²) in [4.78, 5) is 42.5. The third-order valence-electron chi connectivity index (χ3n) is 5.56. The fourth-order valence-electron chi connectivity index (χ4n) is 3.80. The Kier molecular flexibility index (Phi) is 5.24. The highest BCUT2D eigenvalue weighted by Crippen LogP contribution is 2.42. The molecule has 4 rings (SSSR count). The number of nitrogens with one attached hydrogen (secondary N) is 1. The molecule has 0 bridgehead atoms. The van der Waals surface area contributed by atoms with Crippen LogP contribution in [0.4, 0.5) is 0 Å². The molecule has 1 aromatic carbocycles. The van der Waals surface area contributed by atoms with E-state index in [4.69, 9.17) is 9.72 Å². The Morgan fingerprint density at radius 3 is 2.44 bits per heavy atom.